The molecule has 0 radical (unpaired) electrons. The fraction of sp³-hybridized carbons (Fsp3) is 0.435. The van der Waals surface area contributed by atoms with Gasteiger partial charge < -0.3 is 31.3 Å². The van der Waals surface area contributed by atoms with E-state index in [0.717, 1.165) is 18.5 Å². The number of hydrazine groups is 2. The Hall–Kier alpha value is -3.93. The van der Waals surface area contributed by atoms with Crippen LogP contribution >= 0.6 is 0 Å². The van der Waals surface area contributed by atoms with Gasteiger partial charge in [0.15, 0.2) is 6.29 Å². The van der Waals surface area contributed by atoms with Gasteiger partial charge >= 0.3 is 5.97 Å². The lowest BCUT2D eigenvalue weighted by Gasteiger charge is -2.25. The summed E-state index contributed by atoms with van der Waals surface area (Å²) in [5.74, 6) is -1.91. The highest BCUT2D eigenvalue weighted by atomic mass is 16.4. The number of carbonyl (C=O) groups is 5. The molecule has 6 N–H and O–H groups in total. The summed E-state index contributed by atoms with van der Waals surface area (Å²) in [6.45, 7) is 0.997. The van der Waals surface area contributed by atoms with Crippen LogP contribution in [0, 0.1) is 0 Å². The number of carbonyl (C=O) groups excluding carboxylic acids is 4. The molecule has 1 aliphatic rings. The summed E-state index contributed by atoms with van der Waals surface area (Å²) in [6.07, 6.45) is 5.44. The quantitative estimate of drug-likeness (QED) is 0.164. The van der Waals surface area contributed by atoms with Crippen LogP contribution in [-0.2, 0) is 14.4 Å². The van der Waals surface area contributed by atoms with E-state index in [-0.39, 0.29) is 30.4 Å². The van der Waals surface area contributed by atoms with Crippen LogP contribution in [0.3, 0.4) is 0 Å². The molecule has 35 heavy (non-hydrogen) atoms. The first-order valence-corrected chi connectivity index (χ1v) is 11.3. The van der Waals surface area contributed by atoms with Crippen molar-refractivity contribution in [2.45, 2.75) is 44.6 Å². The van der Waals surface area contributed by atoms with Gasteiger partial charge in [-0.2, -0.15) is 0 Å². The fourth-order valence-corrected chi connectivity index (χ4v) is 3.56. The highest BCUT2D eigenvalue weighted by Gasteiger charge is 2.25. The minimum Gasteiger partial charge on any atom is -0.481 e. The molecule has 0 bridgehead atoms. The van der Waals surface area contributed by atoms with E-state index < -0.39 is 23.8 Å². The summed E-state index contributed by atoms with van der Waals surface area (Å²) >= 11 is 0. The summed E-state index contributed by atoms with van der Waals surface area (Å²) in [5.41, 5.74) is 12.7. The van der Waals surface area contributed by atoms with E-state index >= 15 is 0 Å². The number of nitrogens with one attached hydrogen (secondary N) is 3. The Kier molecular flexibility index (Phi) is 10.7. The van der Waals surface area contributed by atoms with Gasteiger partial charge in [-0.15, -0.1) is 5.53 Å². The van der Waals surface area contributed by atoms with Crippen LogP contribution in [0.2, 0.25) is 0 Å². The molecule has 0 fully saturated rings. The third-order valence-electron chi connectivity index (χ3n) is 5.53. The molecule has 0 aromatic heterocycles. The van der Waals surface area contributed by atoms with Crippen molar-refractivity contribution in [1.82, 2.24) is 20.9 Å². The summed E-state index contributed by atoms with van der Waals surface area (Å²) in [6, 6.07) is 3.95. The van der Waals surface area contributed by atoms with E-state index in [2.05, 4.69) is 16.3 Å². The van der Waals surface area contributed by atoms with Gasteiger partial charge in [0, 0.05) is 43.9 Å². The van der Waals surface area contributed by atoms with Gasteiger partial charge in [0.1, 0.15) is 6.29 Å². The molecule has 0 saturated carbocycles. The van der Waals surface area contributed by atoms with Gasteiger partial charge in [-0.05, 0) is 25.3 Å². The molecule has 0 spiro atoms. The topological polar surface area (TPSA) is 174 Å². The fourth-order valence-electron chi connectivity index (χ4n) is 3.56. The molecule has 190 valence electrons. The summed E-state index contributed by atoms with van der Waals surface area (Å²) in [5, 5.41) is 13.7. The highest BCUT2D eigenvalue weighted by Crippen LogP contribution is 2.22. The van der Waals surface area contributed by atoms with Crippen molar-refractivity contribution < 1.29 is 29.1 Å². The summed E-state index contributed by atoms with van der Waals surface area (Å²) in [7, 11) is 1.44. The zero-order valence-electron chi connectivity index (χ0n) is 19.7. The number of hydrogen-bond donors (Lipinski definition) is 5. The van der Waals surface area contributed by atoms with Crippen LogP contribution in [0.1, 0.15) is 59.2 Å². The first kappa shape index (κ1) is 27.3. The number of hydrogen-bond acceptors (Lipinski definition) is 9. The Balaban J connectivity index is 2.04. The maximum Gasteiger partial charge on any atom is 0.303 e. The third-order valence-corrected chi connectivity index (χ3v) is 5.53. The predicted molar refractivity (Wildman–Crippen MR) is 128 cm³/mol. The molecule has 12 nitrogen and oxygen atoms in total. The number of unbranched alkanes of at least 4 members (excludes halogenated alkanes) is 2. The van der Waals surface area contributed by atoms with E-state index in [1.54, 1.807) is 12.1 Å². The van der Waals surface area contributed by atoms with Gasteiger partial charge in [0.05, 0.1) is 23.8 Å². The lowest BCUT2D eigenvalue weighted by molar-refractivity contribution is -0.137. The lowest BCUT2D eigenvalue weighted by atomic mass is 10.0. The van der Waals surface area contributed by atoms with Crippen LogP contribution in [0.4, 0.5) is 5.69 Å². The van der Waals surface area contributed by atoms with Crippen molar-refractivity contribution in [1.29, 1.82) is 0 Å². The van der Waals surface area contributed by atoms with Crippen molar-refractivity contribution in [3.8, 4) is 0 Å². The molecule has 1 aromatic rings. The van der Waals surface area contributed by atoms with E-state index in [4.69, 9.17) is 10.8 Å². The second-order valence-electron chi connectivity index (χ2n) is 8.15. The minimum absolute atomic E-state index is 0.0512. The minimum atomic E-state index is -0.866. The zero-order chi connectivity index (χ0) is 25.8. The monoisotopic (exact) mass is 488 g/mol. The highest BCUT2D eigenvalue weighted by molar-refractivity contribution is 6.06. The SMILES string of the molecule is CN(C(=O)c1c(C=O)cccc1NCC1=CN(CCCCCC(=O)O)NN1)C(C=O)CCC(N)=O. The Labute approximate surface area is 203 Å². The molecule has 0 aliphatic carbocycles. The number of rotatable bonds is 16. The molecule has 12 heteroatoms. The molecule has 0 saturated heterocycles. The van der Waals surface area contributed by atoms with Gasteiger partial charge in [-0.1, -0.05) is 18.6 Å². The van der Waals surface area contributed by atoms with Crippen molar-refractivity contribution in [2.75, 3.05) is 25.5 Å². The van der Waals surface area contributed by atoms with Crippen molar-refractivity contribution in [2.24, 2.45) is 5.73 Å². The van der Waals surface area contributed by atoms with E-state index in [0.29, 0.717) is 37.8 Å². The summed E-state index contributed by atoms with van der Waals surface area (Å²) in [4.78, 5) is 59.2. The largest absolute Gasteiger partial charge is 0.481 e. The number of nitrogens with two attached hydrogens (primary N) is 1. The number of carboxylic acids is 1. The standard InChI is InChI=1S/C23H32N6O6/c1-28(18(15-31)9-10-20(24)32)23(35)22-16(14-30)6-5-7-19(22)25-12-17-13-29(27-26-17)11-4-2-3-8-21(33)34/h5-7,13-15,18,25-27H,2-4,8-12H2,1H3,(H2,24,32)(H,33,34). The molecule has 1 aromatic carbocycles. The molecule has 2 amide bonds. The van der Waals surface area contributed by atoms with Gasteiger partial charge in [-0.25, -0.2) is 0 Å². The maximum atomic E-state index is 13.2. The molecular formula is C23H32N6O6. The summed E-state index contributed by atoms with van der Waals surface area (Å²) < 4.78 is 0. The molecule has 1 atom stereocenters. The Bertz CT molecular complexity index is 966. The number of aldehydes is 2. The number of aliphatic carboxylic acids is 1. The van der Waals surface area contributed by atoms with E-state index in [1.807, 2.05) is 11.2 Å². The van der Waals surface area contributed by atoms with E-state index in [9.17, 15) is 24.0 Å². The van der Waals surface area contributed by atoms with Gasteiger partial charge in [0.25, 0.3) is 5.91 Å². The number of primary amides is 1. The van der Waals surface area contributed by atoms with Crippen LogP contribution in [-0.4, -0.2) is 71.6 Å². The van der Waals surface area contributed by atoms with Gasteiger partial charge in [0.2, 0.25) is 5.91 Å². The Morgan fingerprint density at radius 3 is 2.63 bits per heavy atom. The first-order chi connectivity index (χ1) is 16.8. The van der Waals surface area contributed by atoms with Crippen LogP contribution in [0.15, 0.2) is 30.1 Å². The Morgan fingerprint density at radius 1 is 1.20 bits per heavy atom. The van der Waals surface area contributed by atoms with Crippen molar-refractivity contribution in [3.05, 3.63) is 41.2 Å². The van der Waals surface area contributed by atoms with Crippen LogP contribution in [0.25, 0.3) is 0 Å². The smallest absolute Gasteiger partial charge is 0.303 e. The average Bonchev–Trinajstić information content (AvgIpc) is 3.29. The molecule has 1 aliphatic heterocycles. The van der Waals surface area contributed by atoms with Gasteiger partial charge in [-0.3, -0.25) is 24.2 Å². The molecule has 1 unspecified atom stereocenters. The molecule has 1 heterocycles. The number of benzene rings is 1. The third kappa shape index (κ3) is 8.41. The Morgan fingerprint density at radius 2 is 1.97 bits per heavy atom. The molecule has 2 rings (SSSR count). The van der Waals surface area contributed by atoms with Crippen LogP contribution < -0.4 is 22.0 Å². The second kappa shape index (κ2) is 13.7. The number of amides is 2. The number of carboxylic acid groups (broad SMARTS) is 1. The normalized spacial score (nSPS) is 13.4. The second-order valence-corrected chi connectivity index (χ2v) is 8.15. The first-order valence-electron chi connectivity index (χ1n) is 11.3. The number of anilines is 1. The maximum absolute atomic E-state index is 13.2. The van der Waals surface area contributed by atoms with Crippen molar-refractivity contribution >= 4 is 36.0 Å². The number of likely N-dealkylation sites (N-methyl/N-ethyl adjacent to an activating group) is 1. The van der Waals surface area contributed by atoms with Crippen LogP contribution in [0.5, 0.6) is 0 Å². The molecular weight excluding hydrogens is 456 g/mol. The average molecular weight is 489 g/mol. The van der Waals surface area contributed by atoms with Crippen molar-refractivity contribution in [3.63, 3.8) is 0 Å². The predicted octanol–water partition coefficient (Wildman–Crippen LogP) is 0.627. The van der Waals surface area contributed by atoms with E-state index in [1.165, 1.54) is 18.0 Å². The number of nitrogens with zero attached hydrogens (tertiary/aromatic N) is 2. The lowest BCUT2D eigenvalue weighted by Crippen LogP contribution is -2.39. The zero-order valence-corrected chi connectivity index (χ0v) is 19.7.